The van der Waals surface area contributed by atoms with Crippen LogP contribution in [-0.4, -0.2) is 23.1 Å². The number of nitrogens with two attached hydrogens (primary N) is 1. The first-order valence-corrected chi connectivity index (χ1v) is 9.01. The number of urea groups is 1. The van der Waals surface area contributed by atoms with Crippen LogP contribution in [0.2, 0.25) is 0 Å². The third-order valence-electron chi connectivity index (χ3n) is 3.81. The van der Waals surface area contributed by atoms with Crippen LogP contribution in [0.3, 0.4) is 0 Å². The molecule has 0 spiro atoms. The minimum atomic E-state index is -0.567. The molecule has 126 valence electrons. The minimum absolute atomic E-state index is 0.354. The van der Waals surface area contributed by atoms with Crippen molar-refractivity contribution in [3.05, 3.63) is 44.7 Å². The van der Waals surface area contributed by atoms with Gasteiger partial charge in [-0.15, -0.1) is 11.3 Å². The highest BCUT2D eigenvalue weighted by atomic mass is 79.9. The van der Waals surface area contributed by atoms with Gasteiger partial charge in [-0.25, -0.2) is 4.79 Å². The second-order valence-corrected chi connectivity index (χ2v) is 7.58. The number of aliphatic hydroxyl groups excluding tert-OH is 1. The number of benzene rings is 1. The van der Waals surface area contributed by atoms with Gasteiger partial charge in [-0.1, -0.05) is 15.9 Å². The summed E-state index contributed by atoms with van der Waals surface area (Å²) >= 11 is 4.62. The molecule has 24 heavy (non-hydrogen) atoms. The summed E-state index contributed by atoms with van der Waals surface area (Å²) in [4.78, 5) is 24.9. The van der Waals surface area contributed by atoms with Crippen LogP contribution in [0.25, 0.3) is 0 Å². The molecule has 1 aliphatic rings. The summed E-state index contributed by atoms with van der Waals surface area (Å²) in [5, 5.41) is 15.6. The molecule has 8 heteroatoms. The SMILES string of the molecule is NC(=O)c1c(NC(=O)Nc2ccc(Br)cc2)sc2c1CCC(O)C2. The number of amides is 3. The number of anilines is 2. The van der Waals surface area contributed by atoms with Gasteiger partial charge in [0.25, 0.3) is 5.91 Å². The lowest BCUT2D eigenvalue weighted by molar-refractivity contribution is 0.0999. The van der Waals surface area contributed by atoms with E-state index in [2.05, 4.69) is 26.6 Å². The van der Waals surface area contributed by atoms with E-state index in [1.165, 1.54) is 11.3 Å². The van der Waals surface area contributed by atoms with E-state index in [4.69, 9.17) is 5.73 Å². The Bertz CT molecular complexity index is 789. The summed E-state index contributed by atoms with van der Waals surface area (Å²) in [5.41, 5.74) is 7.32. The molecule has 0 radical (unpaired) electrons. The van der Waals surface area contributed by atoms with E-state index in [-0.39, 0.29) is 0 Å². The summed E-state index contributed by atoms with van der Waals surface area (Å²) in [7, 11) is 0. The Kier molecular flexibility index (Phi) is 4.88. The Morgan fingerprint density at radius 3 is 2.62 bits per heavy atom. The van der Waals surface area contributed by atoms with Crippen molar-refractivity contribution in [1.82, 2.24) is 0 Å². The third-order valence-corrected chi connectivity index (χ3v) is 5.51. The molecule has 6 nitrogen and oxygen atoms in total. The molecule has 1 heterocycles. The van der Waals surface area contributed by atoms with Gasteiger partial charge in [-0.05, 0) is 42.7 Å². The number of fused-ring (bicyclic) bond motifs is 1. The van der Waals surface area contributed by atoms with Gasteiger partial charge in [0.05, 0.1) is 11.7 Å². The van der Waals surface area contributed by atoms with E-state index < -0.39 is 18.0 Å². The largest absolute Gasteiger partial charge is 0.393 e. The van der Waals surface area contributed by atoms with Crippen LogP contribution in [0, 0.1) is 0 Å². The zero-order valence-corrected chi connectivity index (χ0v) is 15.0. The Labute approximate surface area is 151 Å². The van der Waals surface area contributed by atoms with Gasteiger partial charge in [-0.3, -0.25) is 10.1 Å². The molecular formula is C16H16BrN3O3S. The zero-order chi connectivity index (χ0) is 17.3. The first-order valence-electron chi connectivity index (χ1n) is 7.40. The van der Waals surface area contributed by atoms with Crippen molar-refractivity contribution < 1.29 is 14.7 Å². The van der Waals surface area contributed by atoms with Crippen LogP contribution in [0.1, 0.15) is 27.2 Å². The topological polar surface area (TPSA) is 104 Å². The molecule has 0 aliphatic heterocycles. The van der Waals surface area contributed by atoms with E-state index in [0.717, 1.165) is 14.9 Å². The highest BCUT2D eigenvalue weighted by Crippen LogP contribution is 2.38. The predicted octanol–water partition coefficient (Wildman–Crippen LogP) is 3.10. The maximum atomic E-state index is 12.2. The minimum Gasteiger partial charge on any atom is -0.393 e. The van der Waals surface area contributed by atoms with Gasteiger partial charge >= 0.3 is 6.03 Å². The molecule has 1 unspecified atom stereocenters. The maximum absolute atomic E-state index is 12.2. The summed E-state index contributed by atoms with van der Waals surface area (Å²) in [6, 6.07) is 6.70. The molecule has 0 fully saturated rings. The monoisotopic (exact) mass is 409 g/mol. The van der Waals surface area contributed by atoms with E-state index in [0.29, 0.717) is 35.5 Å². The van der Waals surface area contributed by atoms with E-state index in [1.807, 2.05) is 12.1 Å². The number of rotatable bonds is 3. The van der Waals surface area contributed by atoms with Gasteiger partial charge in [0, 0.05) is 21.5 Å². The van der Waals surface area contributed by atoms with Gasteiger partial charge in [0.15, 0.2) is 0 Å². The average Bonchev–Trinajstić information content (AvgIpc) is 2.86. The van der Waals surface area contributed by atoms with Crippen molar-refractivity contribution in [2.24, 2.45) is 5.73 Å². The second-order valence-electron chi connectivity index (χ2n) is 5.55. The number of aliphatic hydroxyl groups is 1. The van der Waals surface area contributed by atoms with Crippen LogP contribution in [0.5, 0.6) is 0 Å². The van der Waals surface area contributed by atoms with Crippen LogP contribution in [0.15, 0.2) is 28.7 Å². The first kappa shape index (κ1) is 16.9. The number of carbonyl (C=O) groups excluding carboxylic acids is 2. The highest BCUT2D eigenvalue weighted by Gasteiger charge is 2.27. The van der Waals surface area contributed by atoms with Gasteiger partial charge in [0.1, 0.15) is 5.00 Å². The molecule has 3 amide bonds. The Balaban J connectivity index is 1.80. The maximum Gasteiger partial charge on any atom is 0.324 e. The number of hydrogen-bond acceptors (Lipinski definition) is 4. The molecule has 0 saturated carbocycles. The molecule has 1 aliphatic carbocycles. The average molecular weight is 410 g/mol. The summed E-state index contributed by atoms with van der Waals surface area (Å²) in [6.07, 6.45) is 1.24. The van der Waals surface area contributed by atoms with Crippen LogP contribution < -0.4 is 16.4 Å². The van der Waals surface area contributed by atoms with Crippen molar-refractivity contribution in [2.75, 3.05) is 10.6 Å². The van der Waals surface area contributed by atoms with Gasteiger partial charge in [0.2, 0.25) is 0 Å². The van der Waals surface area contributed by atoms with Crippen molar-refractivity contribution in [1.29, 1.82) is 0 Å². The number of carbonyl (C=O) groups is 2. The molecule has 1 aromatic carbocycles. The highest BCUT2D eigenvalue weighted by molar-refractivity contribution is 9.10. The fourth-order valence-electron chi connectivity index (χ4n) is 2.72. The van der Waals surface area contributed by atoms with Crippen LogP contribution in [-0.2, 0) is 12.8 Å². The molecule has 5 N–H and O–H groups in total. The molecule has 1 aromatic heterocycles. The van der Waals surface area contributed by atoms with E-state index in [1.54, 1.807) is 12.1 Å². The van der Waals surface area contributed by atoms with Crippen molar-refractivity contribution in [3.8, 4) is 0 Å². The van der Waals surface area contributed by atoms with Gasteiger partial charge in [-0.2, -0.15) is 0 Å². The van der Waals surface area contributed by atoms with E-state index >= 15 is 0 Å². The fraction of sp³-hybridized carbons (Fsp3) is 0.250. The predicted molar refractivity (Wildman–Crippen MR) is 97.7 cm³/mol. The van der Waals surface area contributed by atoms with Gasteiger partial charge < -0.3 is 16.2 Å². The fourth-order valence-corrected chi connectivity index (χ4v) is 4.30. The normalized spacial score (nSPS) is 16.3. The lowest BCUT2D eigenvalue weighted by atomic mass is 9.93. The molecule has 2 aromatic rings. The number of hydrogen-bond donors (Lipinski definition) is 4. The molecule has 1 atom stereocenters. The summed E-state index contributed by atoms with van der Waals surface area (Å²) in [5.74, 6) is -0.567. The Hall–Kier alpha value is -1.90. The number of primary amides is 1. The van der Waals surface area contributed by atoms with Crippen LogP contribution >= 0.6 is 27.3 Å². The zero-order valence-electron chi connectivity index (χ0n) is 12.6. The second kappa shape index (κ2) is 6.92. The van der Waals surface area contributed by atoms with E-state index in [9.17, 15) is 14.7 Å². The quantitative estimate of drug-likeness (QED) is 0.625. The first-order chi connectivity index (χ1) is 11.4. The van der Waals surface area contributed by atoms with Crippen molar-refractivity contribution in [3.63, 3.8) is 0 Å². The molecule has 0 bridgehead atoms. The number of thiophene rings is 1. The Morgan fingerprint density at radius 1 is 1.25 bits per heavy atom. The lowest BCUT2D eigenvalue weighted by Gasteiger charge is -2.17. The molecule has 0 saturated heterocycles. The standard InChI is InChI=1S/C16H16BrN3O3S/c17-8-1-3-9(4-2-8)19-16(23)20-15-13(14(18)22)11-6-5-10(21)7-12(11)24-15/h1-4,10,21H,5-7H2,(H2,18,22)(H2,19,20,23). The third kappa shape index (κ3) is 3.61. The van der Waals surface area contributed by atoms with Crippen LogP contribution in [0.4, 0.5) is 15.5 Å². The smallest absolute Gasteiger partial charge is 0.324 e. The number of halogens is 1. The summed E-state index contributed by atoms with van der Waals surface area (Å²) in [6.45, 7) is 0. The van der Waals surface area contributed by atoms with Crippen molar-refractivity contribution in [2.45, 2.75) is 25.4 Å². The molecule has 3 rings (SSSR count). The summed E-state index contributed by atoms with van der Waals surface area (Å²) < 4.78 is 0.911. The lowest BCUT2D eigenvalue weighted by Crippen LogP contribution is -2.23. The Morgan fingerprint density at radius 2 is 1.96 bits per heavy atom. The van der Waals surface area contributed by atoms with Crippen molar-refractivity contribution >= 4 is 49.9 Å². The number of nitrogens with one attached hydrogen (secondary N) is 2. The molecular weight excluding hydrogens is 394 g/mol.